The largest absolute Gasteiger partial charge is 0.364 e. The number of halogens is 1. The highest BCUT2D eigenvalue weighted by Gasteiger charge is 2.09. The van der Waals surface area contributed by atoms with Crippen molar-refractivity contribution < 1.29 is 9.18 Å². The summed E-state index contributed by atoms with van der Waals surface area (Å²) in [4.78, 5) is 19.0. The zero-order valence-corrected chi connectivity index (χ0v) is 10.6. The number of pyridine rings is 1. The second-order valence-electron chi connectivity index (χ2n) is 4.41. The van der Waals surface area contributed by atoms with Crippen LogP contribution in [-0.4, -0.2) is 15.9 Å². The van der Waals surface area contributed by atoms with Crippen molar-refractivity contribution in [1.82, 2.24) is 15.3 Å². The molecule has 0 aliphatic carbocycles. The predicted molar refractivity (Wildman–Crippen MR) is 73.7 cm³/mol. The molecule has 0 fully saturated rings. The Balaban J connectivity index is 1.81. The fraction of sp³-hybridized carbons (Fsp3) is 0.0667. The summed E-state index contributed by atoms with van der Waals surface area (Å²) in [7, 11) is 0. The maximum Gasteiger partial charge on any atom is 0.253 e. The van der Waals surface area contributed by atoms with E-state index in [1.54, 1.807) is 24.4 Å². The van der Waals surface area contributed by atoms with Crippen LogP contribution in [0.2, 0.25) is 0 Å². The first-order valence-electron chi connectivity index (χ1n) is 6.19. The van der Waals surface area contributed by atoms with E-state index in [0.29, 0.717) is 17.5 Å². The van der Waals surface area contributed by atoms with Gasteiger partial charge in [-0.15, -0.1) is 0 Å². The molecule has 4 nitrogen and oxygen atoms in total. The normalized spacial score (nSPS) is 10.7. The van der Waals surface area contributed by atoms with Crippen molar-refractivity contribution in [2.45, 2.75) is 6.54 Å². The Morgan fingerprint density at radius 1 is 1.30 bits per heavy atom. The van der Waals surface area contributed by atoms with Crippen molar-refractivity contribution in [3.05, 3.63) is 65.9 Å². The average molecular weight is 269 g/mol. The minimum Gasteiger partial charge on any atom is -0.364 e. The Kier molecular flexibility index (Phi) is 3.16. The standard InChI is InChI=1S/C15H12FN3O/c16-13-5-1-3-10-7-11(8-18-14(10)13)15(20)19-9-12-4-2-6-17-12/h1-8,17H,9H2,(H,19,20). The molecule has 0 atom stereocenters. The fourth-order valence-electron chi connectivity index (χ4n) is 2.00. The average Bonchev–Trinajstić information content (AvgIpc) is 2.98. The van der Waals surface area contributed by atoms with E-state index in [2.05, 4.69) is 15.3 Å². The van der Waals surface area contributed by atoms with Crippen LogP contribution in [0.3, 0.4) is 0 Å². The highest BCUT2D eigenvalue weighted by molar-refractivity contribution is 5.97. The van der Waals surface area contributed by atoms with E-state index in [-0.39, 0.29) is 17.2 Å². The number of benzene rings is 1. The SMILES string of the molecule is O=C(NCc1ccc[nH]1)c1cnc2c(F)cccc2c1. The van der Waals surface area contributed by atoms with Crippen LogP contribution < -0.4 is 5.32 Å². The molecule has 3 rings (SSSR count). The topological polar surface area (TPSA) is 57.8 Å². The van der Waals surface area contributed by atoms with Crippen molar-refractivity contribution in [1.29, 1.82) is 0 Å². The molecule has 2 aromatic heterocycles. The molecule has 1 aromatic carbocycles. The lowest BCUT2D eigenvalue weighted by Crippen LogP contribution is -2.23. The van der Waals surface area contributed by atoms with E-state index in [0.717, 1.165) is 5.69 Å². The minimum atomic E-state index is -0.388. The van der Waals surface area contributed by atoms with E-state index in [1.165, 1.54) is 12.3 Å². The van der Waals surface area contributed by atoms with Gasteiger partial charge in [-0.2, -0.15) is 0 Å². The Hall–Kier alpha value is -2.69. The highest BCUT2D eigenvalue weighted by Crippen LogP contribution is 2.16. The van der Waals surface area contributed by atoms with E-state index >= 15 is 0 Å². The Labute approximate surface area is 114 Å². The highest BCUT2D eigenvalue weighted by atomic mass is 19.1. The lowest BCUT2D eigenvalue weighted by atomic mass is 10.1. The van der Waals surface area contributed by atoms with Gasteiger partial charge in [0, 0.05) is 23.5 Å². The zero-order chi connectivity index (χ0) is 13.9. The third-order valence-electron chi connectivity index (χ3n) is 3.03. The number of amides is 1. The molecule has 1 amide bonds. The first kappa shape index (κ1) is 12.3. The Morgan fingerprint density at radius 2 is 2.20 bits per heavy atom. The van der Waals surface area contributed by atoms with Crippen molar-refractivity contribution in [2.24, 2.45) is 0 Å². The van der Waals surface area contributed by atoms with Gasteiger partial charge < -0.3 is 10.3 Å². The molecule has 0 aliphatic rings. The second kappa shape index (κ2) is 5.13. The van der Waals surface area contributed by atoms with E-state index in [9.17, 15) is 9.18 Å². The number of nitrogens with zero attached hydrogens (tertiary/aromatic N) is 1. The van der Waals surface area contributed by atoms with Gasteiger partial charge in [0.2, 0.25) is 0 Å². The number of rotatable bonds is 3. The van der Waals surface area contributed by atoms with Crippen LogP contribution >= 0.6 is 0 Å². The van der Waals surface area contributed by atoms with Gasteiger partial charge in [-0.25, -0.2) is 4.39 Å². The quantitative estimate of drug-likeness (QED) is 0.768. The van der Waals surface area contributed by atoms with Crippen LogP contribution in [0.5, 0.6) is 0 Å². The minimum absolute atomic E-state index is 0.238. The van der Waals surface area contributed by atoms with Crippen LogP contribution in [-0.2, 0) is 6.54 Å². The molecule has 2 N–H and O–H groups in total. The van der Waals surface area contributed by atoms with Crippen molar-refractivity contribution in [3.8, 4) is 0 Å². The summed E-state index contributed by atoms with van der Waals surface area (Å²) in [5, 5.41) is 3.39. The molecule has 0 spiro atoms. The van der Waals surface area contributed by atoms with Gasteiger partial charge in [0.25, 0.3) is 5.91 Å². The maximum atomic E-state index is 13.5. The molecule has 0 unspecified atom stereocenters. The summed E-state index contributed by atoms with van der Waals surface area (Å²) < 4.78 is 13.5. The number of hydrogen-bond donors (Lipinski definition) is 2. The summed E-state index contributed by atoms with van der Waals surface area (Å²) in [5.41, 5.74) is 1.60. The molecule has 3 aromatic rings. The molecule has 20 heavy (non-hydrogen) atoms. The van der Waals surface area contributed by atoms with Gasteiger partial charge in [0.05, 0.1) is 12.1 Å². The summed E-state index contributed by atoms with van der Waals surface area (Å²) in [6.07, 6.45) is 3.18. The van der Waals surface area contributed by atoms with Crippen LogP contribution in [0.1, 0.15) is 16.1 Å². The molecule has 0 aliphatic heterocycles. The lowest BCUT2D eigenvalue weighted by molar-refractivity contribution is 0.0950. The van der Waals surface area contributed by atoms with Gasteiger partial charge >= 0.3 is 0 Å². The van der Waals surface area contributed by atoms with Crippen LogP contribution in [0, 0.1) is 5.82 Å². The number of aromatic nitrogens is 2. The second-order valence-corrected chi connectivity index (χ2v) is 4.41. The third-order valence-corrected chi connectivity index (χ3v) is 3.03. The molecular formula is C15H12FN3O. The molecule has 0 saturated carbocycles. The van der Waals surface area contributed by atoms with Gasteiger partial charge in [0.15, 0.2) is 0 Å². The van der Waals surface area contributed by atoms with Gasteiger partial charge in [-0.05, 0) is 24.3 Å². The Bertz CT molecular complexity index is 753. The van der Waals surface area contributed by atoms with Gasteiger partial charge in [-0.3, -0.25) is 9.78 Å². The van der Waals surface area contributed by atoms with E-state index in [4.69, 9.17) is 0 Å². The van der Waals surface area contributed by atoms with Crippen LogP contribution in [0.25, 0.3) is 10.9 Å². The predicted octanol–water partition coefficient (Wildman–Crippen LogP) is 2.63. The van der Waals surface area contributed by atoms with E-state index < -0.39 is 0 Å². The van der Waals surface area contributed by atoms with Crippen molar-refractivity contribution in [2.75, 3.05) is 0 Å². The first-order valence-corrected chi connectivity index (χ1v) is 6.19. The maximum absolute atomic E-state index is 13.5. The molecule has 0 saturated heterocycles. The number of fused-ring (bicyclic) bond motifs is 1. The molecule has 0 radical (unpaired) electrons. The smallest absolute Gasteiger partial charge is 0.253 e. The molecule has 2 heterocycles. The Morgan fingerprint density at radius 3 is 3.00 bits per heavy atom. The summed E-state index contributed by atoms with van der Waals surface area (Å²) >= 11 is 0. The number of carbonyl (C=O) groups is 1. The molecular weight excluding hydrogens is 257 g/mol. The lowest BCUT2D eigenvalue weighted by Gasteiger charge is -2.05. The van der Waals surface area contributed by atoms with Crippen LogP contribution in [0.15, 0.2) is 48.8 Å². The van der Waals surface area contributed by atoms with Gasteiger partial charge in [-0.1, -0.05) is 12.1 Å². The summed E-state index contributed by atoms with van der Waals surface area (Å²) in [6.45, 7) is 0.410. The van der Waals surface area contributed by atoms with E-state index in [1.807, 2.05) is 12.1 Å². The number of carbonyl (C=O) groups excluding carboxylic acids is 1. The third kappa shape index (κ3) is 2.38. The summed E-state index contributed by atoms with van der Waals surface area (Å²) in [6, 6.07) is 10.1. The zero-order valence-electron chi connectivity index (χ0n) is 10.6. The molecule has 5 heteroatoms. The number of para-hydroxylation sites is 1. The number of H-pyrrole nitrogens is 1. The molecule has 0 bridgehead atoms. The first-order chi connectivity index (χ1) is 9.74. The van der Waals surface area contributed by atoms with Crippen LogP contribution in [0.4, 0.5) is 4.39 Å². The number of aromatic amines is 1. The number of hydrogen-bond acceptors (Lipinski definition) is 2. The number of nitrogens with one attached hydrogen (secondary N) is 2. The molecule has 100 valence electrons. The van der Waals surface area contributed by atoms with Gasteiger partial charge in [0.1, 0.15) is 11.3 Å². The van der Waals surface area contributed by atoms with Crippen molar-refractivity contribution in [3.63, 3.8) is 0 Å². The summed E-state index contributed by atoms with van der Waals surface area (Å²) in [5.74, 6) is -0.626. The van der Waals surface area contributed by atoms with Crippen molar-refractivity contribution >= 4 is 16.8 Å². The monoisotopic (exact) mass is 269 g/mol. The fourth-order valence-corrected chi connectivity index (χ4v) is 2.00.